The highest BCUT2D eigenvalue weighted by Gasteiger charge is 2.13. The molecule has 6 nitrogen and oxygen atoms in total. The number of halogens is 1. The van der Waals surface area contributed by atoms with Gasteiger partial charge >= 0.3 is 0 Å². The Morgan fingerprint density at radius 3 is 2.27 bits per heavy atom. The van der Waals surface area contributed by atoms with Crippen LogP contribution in [0.5, 0.6) is 0 Å². The number of hydrogen-bond donors (Lipinski definition) is 2. The smallest absolute Gasteiger partial charge is 0.236 e. The number of carbonyl (C=O) groups excluding carboxylic acids is 2. The van der Waals surface area contributed by atoms with Crippen molar-refractivity contribution in [2.45, 2.75) is 6.42 Å². The fourth-order valence-corrected chi connectivity index (χ4v) is 1.22. The predicted octanol–water partition coefficient (Wildman–Crippen LogP) is -1.18. The summed E-state index contributed by atoms with van der Waals surface area (Å²) in [6, 6.07) is 0. The molecule has 2 amide bonds. The SMILES string of the molecule is Cl.NC(=O)CCN1C=CN(CC(N)=O)C1. The maximum atomic E-state index is 10.6. The summed E-state index contributed by atoms with van der Waals surface area (Å²) in [5.74, 6) is -0.696. The van der Waals surface area contributed by atoms with Gasteiger partial charge in [-0.3, -0.25) is 9.59 Å². The van der Waals surface area contributed by atoms with Gasteiger partial charge in [0, 0.05) is 25.4 Å². The minimum atomic E-state index is -0.369. The largest absolute Gasteiger partial charge is 0.370 e. The zero-order chi connectivity index (χ0) is 10.6. The van der Waals surface area contributed by atoms with E-state index in [9.17, 15) is 9.59 Å². The van der Waals surface area contributed by atoms with Crippen molar-refractivity contribution < 1.29 is 9.59 Å². The van der Waals surface area contributed by atoms with Crippen LogP contribution in [0.1, 0.15) is 6.42 Å². The van der Waals surface area contributed by atoms with E-state index < -0.39 is 0 Å². The van der Waals surface area contributed by atoms with E-state index in [0.29, 0.717) is 19.6 Å². The highest BCUT2D eigenvalue weighted by atomic mass is 35.5. The van der Waals surface area contributed by atoms with Crippen LogP contribution in [0.4, 0.5) is 0 Å². The van der Waals surface area contributed by atoms with E-state index >= 15 is 0 Å². The van der Waals surface area contributed by atoms with E-state index in [-0.39, 0.29) is 30.8 Å². The Morgan fingerprint density at radius 1 is 1.13 bits per heavy atom. The standard InChI is InChI=1S/C8H14N4O2.ClH/c9-7(13)1-2-11-3-4-12(6-11)5-8(10)14;/h3-4H,1-2,5-6H2,(H2,9,13)(H2,10,14);1H. The average molecular weight is 235 g/mol. The van der Waals surface area contributed by atoms with Gasteiger partial charge in [0.1, 0.15) is 0 Å². The molecule has 0 aromatic carbocycles. The van der Waals surface area contributed by atoms with Crippen molar-refractivity contribution in [3.05, 3.63) is 12.4 Å². The van der Waals surface area contributed by atoms with E-state index in [1.807, 2.05) is 11.1 Å². The maximum Gasteiger partial charge on any atom is 0.236 e. The molecule has 0 aliphatic carbocycles. The Hall–Kier alpha value is -1.43. The summed E-state index contributed by atoms with van der Waals surface area (Å²) in [5, 5.41) is 0. The summed E-state index contributed by atoms with van der Waals surface area (Å²) in [4.78, 5) is 24.7. The molecule has 0 bridgehead atoms. The minimum absolute atomic E-state index is 0. The molecular weight excluding hydrogens is 220 g/mol. The van der Waals surface area contributed by atoms with Gasteiger partial charge in [-0.1, -0.05) is 0 Å². The Morgan fingerprint density at radius 2 is 1.73 bits per heavy atom. The lowest BCUT2D eigenvalue weighted by atomic mass is 10.4. The summed E-state index contributed by atoms with van der Waals surface area (Å²) < 4.78 is 0. The lowest BCUT2D eigenvalue weighted by molar-refractivity contribution is -0.119. The van der Waals surface area contributed by atoms with Crippen LogP contribution in [-0.2, 0) is 9.59 Å². The van der Waals surface area contributed by atoms with Crippen molar-refractivity contribution in [2.24, 2.45) is 11.5 Å². The fourth-order valence-electron chi connectivity index (χ4n) is 1.22. The first-order valence-corrected chi connectivity index (χ1v) is 4.31. The monoisotopic (exact) mass is 234 g/mol. The van der Waals surface area contributed by atoms with Crippen molar-refractivity contribution >= 4 is 24.2 Å². The van der Waals surface area contributed by atoms with Crippen molar-refractivity contribution in [3.8, 4) is 0 Å². The summed E-state index contributed by atoms with van der Waals surface area (Å²) in [6.07, 6.45) is 3.90. The molecule has 0 spiro atoms. The zero-order valence-electron chi connectivity index (χ0n) is 8.26. The topological polar surface area (TPSA) is 92.7 Å². The van der Waals surface area contributed by atoms with Gasteiger partial charge in [0.05, 0.1) is 13.2 Å². The van der Waals surface area contributed by atoms with E-state index in [4.69, 9.17) is 11.5 Å². The fraction of sp³-hybridized carbons (Fsp3) is 0.500. The van der Waals surface area contributed by atoms with Gasteiger partial charge in [0.25, 0.3) is 0 Å². The number of nitrogens with two attached hydrogens (primary N) is 2. The van der Waals surface area contributed by atoms with Gasteiger partial charge in [0.2, 0.25) is 11.8 Å². The molecule has 4 N–H and O–H groups in total. The Kier molecular flexibility index (Phi) is 5.54. The summed E-state index contributed by atoms with van der Waals surface area (Å²) >= 11 is 0. The number of nitrogens with zero attached hydrogens (tertiary/aromatic N) is 2. The molecule has 1 aliphatic heterocycles. The van der Waals surface area contributed by atoms with Crippen molar-refractivity contribution in [1.29, 1.82) is 0 Å². The molecule has 0 fully saturated rings. The normalized spacial score (nSPS) is 13.9. The average Bonchev–Trinajstić information content (AvgIpc) is 2.47. The second kappa shape index (κ2) is 6.13. The zero-order valence-corrected chi connectivity index (χ0v) is 9.07. The van der Waals surface area contributed by atoms with Crippen LogP contribution in [0.2, 0.25) is 0 Å². The molecule has 0 saturated carbocycles. The van der Waals surface area contributed by atoms with E-state index in [0.717, 1.165) is 0 Å². The van der Waals surface area contributed by atoms with Gasteiger partial charge in [-0.2, -0.15) is 0 Å². The molecule has 1 aliphatic rings. The molecule has 0 saturated heterocycles. The third kappa shape index (κ3) is 5.11. The number of amides is 2. The van der Waals surface area contributed by atoms with E-state index in [1.165, 1.54) is 0 Å². The van der Waals surface area contributed by atoms with Gasteiger partial charge in [-0.15, -0.1) is 12.4 Å². The van der Waals surface area contributed by atoms with Gasteiger partial charge in [0.15, 0.2) is 0 Å². The van der Waals surface area contributed by atoms with Crippen LogP contribution in [0.15, 0.2) is 12.4 Å². The van der Waals surface area contributed by atoms with Gasteiger partial charge < -0.3 is 21.3 Å². The van der Waals surface area contributed by atoms with Gasteiger partial charge in [-0.05, 0) is 0 Å². The molecule has 86 valence electrons. The molecule has 7 heteroatoms. The second-order valence-electron chi connectivity index (χ2n) is 3.18. The van der Waals surface area contributed by atoms with Crippen molar-refractivity contribution in [1.82, 2.24) is 9.80 Å². The third-order valence-electron chi connectivity index (χ3n) is 1.86. The van der Waals surface area contributed by atoms with Gasteiger partial charge in [-0.25, -0.2) is 0 Å². The Bertz CT molecular complexity index is 269. The van der Waals surface area contributed by atoms with E-state index in [1.54, 1.807) is 11.1 Å². The molecule has 0 unspecified atom stereocenters. The lowest BCUT2D eigenvalue weighted by Gasteiger charge is -2.19. The summed E-state index contributed by atoms with van der Waals surface area (Å²) in [7, 11) is 0. The third-order valence-corrected chi connectivity index (χ3v) is 1.86. The molecule has 15 heavy (non-hydrogen) atoms. The minimum Gasteiger partial charge on any atom is -0.370 e. The number of primary amides is 2. The molecule has 0 atom stereocenters. The molecule has 0 aromatic heterocycles. The van der Waals surface area contributed by atoms with Crippen LogP contribution in [0.3, 0.4) is 0 Å². The quantitative estimate of drug-likeness (QED) is 0.626. The summed E-state index contributed by atoms with van der Waals surface area (Å²) in [5.41, 5.74) is 10.0. The molecule has 0 radical (unpaired) electrons. The first-order chi connectivity index (χ1) is 6.58. The van der Waals surface area contributed by atoms with E-state index in [2.05, 4.69) is 0 Å². The number of rotatable bonds is 5. The van der Waals surface area contributed by atoms with Crippen LogP contribution in [-0.4, -0.2) is 41.4 Å². The first kappa shape index (κ1) is 13.6. The molecular formula is C8H15ClN4O2. The first-order valence-electron chi connectivity index (χ1n) is 4.31. The highest BCUT2D eigenvalue weighted by Crippen LogP contribution is 2.05. The second-order valence-corrected chi connectivity index (χ2v) is 3.18. The van der Waals surface area contributed by atoms with Crippen LogP contribution in [0, 0.1) is 0 Å². The molecule has 0 aromatic rings. The number of hydrogen-bond acceptors (Lipinski definition) is 4. The summed E-state index contributed by atoms with van der Waals surface area (Å²) in [6.45, 7) is 1.35. The number of carbonyl (C=O) groups is 2. The van der Waals surface area contributed by atoms with Crippen molar-refractivity contribution in [3.63, 3.8) is 0 Å². The van der Waals surface area contributed by atoms with Crippen LogP contribution in [0.25, 0.3) is 0 Å². The highest BCUT2D eigenvalue weighted by molar-refractivity contribution is 5.85. The van der Waals surface area contributed by atoms with Crippen LogP contribution < -0.4 is 11.5 Å². The lowest BCUT2D eigenvalue weighted by Crippen LogP contribution is -2.33. The predicted molar refractivity (Wildman–Crippen MR) is 57.7 cm³/mol. The maximum absolute atomic E-state index is 10.6. The Labute approximate surface area is 94.3 Å². The molecule has 1 rings (SSSR count). The Balaban J connectivity index is 0.00000196. The van der Waals surface area contributed by atoms with Crippen molar-refractivity contribution in [2.75, 3.05) is 19.8 Å². The molecule has 1 heterocycles. The van der Waals surface area contributed by atoms with Crippen LogP contribution >= 0.6 is 12.4 Å².